The molecule has 0 unspecified atom stereocenters. The van der Waals surface area contributed by atoms with Crippen LogP contribution in [-0.2, 0) is 20.8 Å². The molecule has 0 saturated carbocycles. The van der Waals surface area contributed by atoms with E-state index >= 15 is 0 Å². The zero-order valence-corrected chi connectivity index (χ0v) is 35.1. The second-order valence-corrected chi connectivity index (χ2v) is 15.6. The highest BCUT2D eigenvalue weighted by Crippen LogP contribution is 2.28. The van der Waals surface area contributed by atoms with Gasteiger partial charge in [-0.15, -0.1) is 0 Å². The monoisotopic (exact) mass is 900 g/mol. The predicted molar refractivity (Wildman–Crippen MR) is 239 cm³/mol. The summed E-state index contributed by atoms with van der Waals surface area (Å²) in [5.74, 6) is 0.444. The Hall–Kier alpha value is -6.86. The molecule has 63 heavy (non-hydrogen) atoms. The van der Waals surface area contributed by atoms with Gasteiger partial charge in [0, 0.05) is 48.9 Å². The fourth-order valence-electron chi connectivity index (χ4n) is 5.98. The van der Waals surface area contributed by atoms with Crippen molar-refractivity contribution in [3.05, 3.63) is 108 Å². The van der Waals surface area contributed by atoms with Gasteiger partial charge >= 0.3 is 0 Å². The molecule has 0 amide bonds. The van der Waals surface area contributed by atoms with Crippen LogP contribution in [0.1, 0.15) is 11.1 Å². The molecule has 0 atom stereocenters. The zero-order valence-electron chi connectivity index (χ0n) is 33.4. The largest absolute Gasteiger partial charge is 0.395 e. The Labute approximate surface area is 363 Å². The zero-order chi connectivity index (χ0) is 44.8. The Morgan fingerprint density at radius 2 is 0.889 bits per heavy atom. The van der Waals surface area contributed by atoms with Gasteiger partial charge in [0.15, 0.2) is 10.7 Å². The van der Waals surface area contributed by atoms with Crippen LogP contribution in [0, 0.1) is 0 Å². The first-order valence-electron chi connectivity index (χ1n) is 19.2. The quantitative estimate of drug-likeness (QED) is 0.0266. The molecular weight excluding hydrogens is 857 g/mol. The molecule has 9 N–H and O–H groups in total. The SMILES string of the molecule is O=[SH](=O)c1cc(Nc2nc(Nc3ccccc3)nc(N(CCO)CCO)n2)ccc1/C=C/c1ccc(Nc2nc(Nc3ccccc3)nc(N(CCO)CCO)n2)cc1S(=O)(=O)O. The highest BCUT2D eigenvalue weighted by Gasteiger charge is 2.19. The number of aliphatic hydroxyl groups excluding tert-OH is 4. The van der Waals surface area contributed by atoms with Gasteiger partial charge in [-0.1, -0.05) is 60.7 Å². The summed E-state index contributed by atoms with van der Waals surface area (Å²) in [5.41, 5.74) is 1.95. The van der Waals surface area contributed by atoms with Gasteiger partial charge in [-0.2, -0.15) is 38.3 Å². The van der Waals surface area contributed by atoms with Crippen molar-refractivity contribution in [2.24, 2.45) is 0 Å². The van der Waals surface area contributed by atoms with Crippen molar-refractivity contribution in [1.29, 1.82) is 0 Å². The van der Waals surface area contributed by atoms with Gasteiger partial charge in [0.2, 0.25) is 35.7 Å². The second-order valence-electron chi connectivity index (χ2n) is 13.3. The van der Waals surface area contributed by atoms with Crippen LogP contribution in [0.15, 0.2) is 107 Å². The van der Waals surface area contributed by atoms with Crippen LogP contribution in [0.3, 0.4) is 0 Å². The van der Waals surface area contributed by atoms with Crippen molar-refractivity contribution in [2.75, 3.05) is 83.7 Å². The lowest BCUT2D eigenvalue weighted by Gasteiger charge is -2.21. The Kier molecular flexibility index (Phi) is 15.8. The average Bonchev–Trinajstić information content (AvgIpc) is 3.26. The van der Waals surface area contributed by atoms with E-state index in [9.17, 15) is 41.8 Å². The van der Waals surface area contributed by atoms with Crippen molar-refractivity contribution in [3.63, 3.8) is 0 Å². The van der Waals surface area contributed by atoms with Crippen molar-refractivity contribution < 1.29 is 41.8 Å². The van der Waals surface area contributed by atoms with Crippen LogP contribution in [0.5, 0.6) is 0 Å². The van der Waals surface area contributed by atoms with Gasteiger partial charge in [-0.05, 0) is 59.7 Å². The fourth-order valence-corrected chi connectivity index (χ4v) is 7.29. The van der Waals surface area contributed by atoms with Crippen LogP contribution in [0.25, 0.3) is 12.2 Å². The van der Waals surface area contributed by atoms with Crippen LogP contribution < -0.4 is 31.1 Å². The van der Waals surface area contributed by atoms with Crippen molar-refractivity contribution in [2.45, 2.75) is 9.79 Å². The minimum absolute atomic E-state index is 0.0173. The molecule has 0 fully saturated rings. The maximum absolute atomic E-state index is 12.7. The number of aliphatic hydroxyl groups is 4. The van der Waals surface area contributed by atoms with E-state index in [1.807, 2.05) is 24.3 Å². The van der Waals surface area contributed by atoms with E-state index in [1.165, 1.54) is 41.3 Å². The minimum Gasteiger partial charge on any atom is -0.395 e. The first-order valence-corrected chi connectivity index (χ1v) is 21.8. The molecule has 0 aliphatic heterocycles. The van der Waals surface area contributed by atoms with Gasteiger partial charge in [0.05, 0.1) is 31.3 Å². The Balaban J connectivity index is 1.29. The fraction of sp³-hybridized carbons (Fsp3) is 0.200. The molecule has 0 aliphatic rings. The van der Waals surface area contributed by atoms with Gasteiger partial charge < -0.3 is 51.5 Å². The third-order valence-corrected chi connectivity index (χ3v) is 10.5. The summed E-state index contributed by atoms with van der Waals surface area (Å²) in [6, 6.07) is 26.5. The summed E-state index contributed by atoms with van der Waals surface area (Å²) < 4.78 is 60.8. The van der Waals surface area contributed by atoms with Crippen LogP contribution in [0.2, 0.25) is 0 Å². The number of thiol groups is 1. The van der Waals surface area contributed by atoms with E-state index in [-0.39, 0.29) is 116 Å². The Morgan fingerprint density at radius 1 is 0.508 bits per heavy atom. The van der Waals surface area contributed by atoms with Crippen molar-refractivity contribution >= 4 is 91.4 Å². The van der Waals surface area contributed by atoms with E-state index in [4.69, 9.17) is 0 Å². The molecule has 23 heteroatoms. The minimum atomic E-state index is -4.85. The lowest BCUT2D eigenvalue weighted by Crippen LogP contribution is -2.31. The van der Waals surface area contributed by atoms with E-state index in [0.29, 0.717) is 11.4 Å². The predicted octanol–water partition coefficient (Wildman–Crippen LogP) is 3.00. The third kappa shape index (κ3) is 12.8. The molecule has 330 valence electrons. The van der Waals surface area contributed by atoms with Crippen LogP contribution in [0.4, 0.5) is 58.4 Å². The van der Waals surface area contributed by atoms with E-state index in [1.54, 1.807) is 47.4 Å². The molecule has 2 heterocycles. The molecule has 6 aromatic rings. The lowest BCUT2D eigenvalue weighted by molar-refractivity contribution is 0.279. The summed E-state index contributed by atoms with van der Waals surface area (Å²) >= 11 is 0. The summed E-state index contributed by atoms with van der Waals surface area (Å²) in [6.07, 6.45) is 2.71. The molecule has 6 rings (SSSR count). The standard InChI is InChI=1S/C40H44N12O9S2/c53-21-17-51(18-22-54)39-47-35(41-29-7-3-1-4-8-29)45-37(49-39)43-31-15-13-27(33(25-31)62(57)58)11-12-28-14-16-32(26-34(28)63(59,60)61)44-38-46-36(42-30-9-5-2-6-10-30)48-40(50-38)52(19-23-55)20-24-56/h1-16,25-26,53-56,62H,17-24H2,(H,59,60,61)(H2,41,43,45,47,49)(H2,42,44,46,48,50)/b12-11+. The van der Waals surface area contributed by atoms with Crippen LogP contribution >= 0.6 is 0 Å². The molecule has 21 nitrogen and oxygen atoms in total. The molecule has 0 radical (unpaired) electrons. The smallest absolute Gasteiger partial charge is 0.295 e. The van der Waals surface area contributed by atoms with E-state index in [0.717, 1.165) is 6.07 Å². The normalized spacial score (nSPS) is 11.5. The molecule has 0 aliphatic carbocycles. The highest BCUT2D eigenvalue weighted by atomic mass is 32.2. The molecule has 4 aromatic carbocycles. The number of nitrogens with zero attached hydrogens (tertiary/aromatic N) is 8. The summed E-state index contributed by atoms with van der Waals surface area (Å²) in [7, 11) is -8.05. The average molecular weight is 901 g/mol. The number of anilines is 10. The van der Waals surface area contributed by atoms with Crippen molar-refractivity contribution in [1.82, 2.24) is 29.9 Å². The number of hydrogen-bond donors (Lipinski definition) is 10. The first-order chi connectivity index (χ1) is 30.5. The molecular formula is C40H44N12O9S2. The summed E-state index contributed by atoms with van der Waals surface area (Å²) in [6.45, 7) is -0.601. The summed E-state index contributed by atoms with van der Waals surface area (Å²) in [5, 5.41) is 50.6. The van der Waals surface area contributed by atoms with Crippen molar-refractivity contribution in [3.8, 4) is 0 Å². The van der Waals surface area contributed by atoms with Gasteiger partial charge in [-0.3, -0.25) is 4.55 Å². The lowest BCUT2D eigenvalue weighted by atomic mass is 10.1. The molecule has 0 bridgehead atoms. The van der Waals surface area contributed by atoms with Gasteiger partial charge in [0.25, 0.3) is 10.1 Å². The number of aromatic nitrogens is 6. The van der Waals surface area contributed by atoms with Crippen LogP contribution in [-0.4, -0.2) is 124 Å². The topological polar surface area (TPSA) is 301 Å². The maximum atomic E-state index is 12.7. The van der Waals surface area contributed by atoms with E-state index < -0.39 is 25.7 Å². The van der Waals surface area contributed by atoms with E-state index in [2.05, 4.69) is 51.2 Å². The molecule has 0 saturated heterocycles. The molecule has 2 aromatic heterocycles. The van der Waals surface area contributed by atoms with Gasteiger partial charge in [0.1, 0.15) is 4.90 Å². The number of rotatable bonds is 22. The third-order valence-electron chi connectivity index (χ3n) is 8.83. The number of para-hydroxylation sites is 2. The highest BCUT2D eigenvalue weighted by molar-refractivity contribution is 7.86. The maximum Gasteiger partial charge on any atom is 0.295 e. The number of benzene rings is 4. The first kappa shape index (κ1) is 45.7. The molecule has 0 spiro atoms. The van der Waals surface area contributed by atoms with Gasteiger partial charge in [-0.25, -0.2) is 8.42 Å². The Morgan fingerprint density at radius 3 is 1.29 bits per heavy atom. The Bertz CT molecular complexity index is 2680. The number of nitrogens with one attached hydrogen (secondary N) is 4. The number of hydrogen-bond acceptors (Lipinski definition) is 20. The summed E-state index contributed by atoms with van der Waals surface area (Å²) in [4.78, 5) is 29.0. The second kappa shape index (κ2) is 21.8.